The quantitative estimate of drug-likeness (QED) is 0.637. The number of nitrogens with one attached hydrogen (secondary N) is 3. The van der Waals surface area contributed by atoms with Crippen LogP contribution in [0, 0.1) is 5.82 Å². The van der Waals surface area contributed by atoms with Crippen LogP contribution in [0.4, 0.5) is 10.2 Å². The van der Waals surface area contributed by atoms with E-state index in [9.17, 15) is 14.0 Å². The molecule has 0 aliphatic carbocycles. The normalized spacial score (nSPS) is 10.8. The Morgan fingerprint density at radius 2 is 2.12 bits per heavy atom. The maximum atomic E-state index is 13.4. The lowest BCUT2D eigenvalue weighted by Gasteiger charge is -2.03. The highest BCUT2D eigenvalue weighted by Gasteiger charge is 2.11. The number of rotatable bonds is 6. The van der Waals surface area contributed by atoms with Gasteiger partial charge in [-0.15, -0.1) is 0 Å². The van der Waals surface area contributed by atoms with Crippen LogP contribution in [-0.4, -0.2) is 33.1 Å². The average Bonchev–Trinajstić information content (AvgIpc) is 3.15. The second kappa shape index (κ2) is 7.16. The Morgan fingerprint density at radius 3 is 2.92 bits per heavy atom. The Labute approximate surface area is 143 Å². The van der Waals surface area contributed by atoms with Crippen molar-refractivity contribution in [2.45, 2.75) is 19.9 Å². The maximum absolute atomic E-state index is 13.4. The van der Waals surface area contributed by atoms with E-state index in [-0.39, 0.29) is 30.6 Å². The molecular weight excluding hydrogens is 325 g/mol. The molecule has 0 aliphatic heterocycles. The molecule has 0 spiro atoms. The second-order valence-corrected chi connectivity index (χ2v) is 5.58. The number of carbonyl (C=O) groups is 2. The molecule has 0 saturated heterocycles. The van der Waals surface area contributed by atoms with Crippen LogP contribution < -0.4 is 10.6 Å². The zero-order valence-electron chi connectivity index (χ0n) is 13.7. The third-order valence-corrected chi connectivity index (χ3v) is 3.67. The maximum Gasteiger partial charge on any atom is 0.241 e. The van der Waals surface area contributed by atoms with Gasteiger partial charge in [0.05, 0.1) is 6.42 Å². The van der Waals surface area contributed by atoms with Crippen LogP contribution in [0.3, 0.4) is 0 Å². The number of likely N-dealkylation sites (N-methyl/N-ethyl adjacent to an activating group) is 1. The molecule has 0 bridgehead atoms. The fourth-order valence-corrected chi connectivity index (χ4v) is 2.57. The molecule has 3 rings (SSSR count). The van der Waals surface area contributed by atoms with E-state index in [1.165, 1.54) is 16.8 Å². The molecule has 2 aromatic heterocycles. The number of halogens is 1. The summed E-state index contributed by atoms with van der Waals surface area (Å²) in [5, 5.41) is 10.2. The number of fused-ring (bicyclic) bond motifs is 1. The van der Waals surface area contributed by atoms with Gasteiger partial charge in [-0.1, -0.05) is 0 Å². The summed E-state index contributed by atoms with van der Waals surface area (Å²) in [6, 6.07) is 6.01. The first-order valence-electron chi connectivity index (χ1n) is 7.90. The molecule has 7 nitrogen and oxygen atoms in total. The first-order valence-corrected chi connectivity index (χ1v) is 7.90. The molecule has 1 aromatic carbocycles. The van der Waals surface area contributed by atoms with E-state index in [4.69, 9.17) is 0 Å². The summed E-state index contributed by atoms with van der Waals surface area (Å²) in [6.07, 6.45) is 3.40. The van der Waals surface area contributed by atoms with Gasteiger partial charge in [0.15, 0.2) is 5.82 Å². The predicted molar refractivity (Wildman–Crippen MR) is 91.5 cm³/mol. The van der Waals surface area contributed by atoms with Crippen molar-refractivity contribution in [2.24, 2.45) is 0 Å². The van der Waals surface area contributed by atoms with E-state index in [1.54, 1.807) is 24.5 Å². The van der Waals surface area contributed by atoms with E-state index >= 15 is 0 Å². The third-order valence-electron chi connectivity index (χ3n) is 3.67. The van der Waals surface area contributed by atoms with Gasteiger partial charge in [-0.05, 0) is 30.7 Å². The van der Waals surface area contributed by atoms with Gasteiger partial charge in [-0.3, -0.25) is 14.3 Å². The molecule has 0 unspecified atom stereocenters. The summed E-state index contributed by atoms with van der Waals surface area (Å²) in [6.45, 7) is 2.48. The van der Waals surface area contributed by atoms with Crippen LogP contribution in [0.1, 0.15) is 12.5 Å². The van der Waals surface area contributed by atoms with Crippen molar-refractivity contribution in [1.82, 2.24) is 20.1 Å². The first kappa shape index (κ1) is 16.7. The lowest BCUT2D eigenvalue weighted by molar-refractivity contribution is -0.121. The second-order valence-electron chi connectivity index (χ2n) is 5.58. The van der Waals surface area contributed by atoms with Crippen molar-refractivity contribution < 1.29 is 14.0 Å². The largest absolute Gasteiger partial charge is 0.361 e. The molecule has 130 valence electrons. The fourth-order valence-electron chi connectivity index (χ4n) is 2.57. The third kappa shape index (κ3) is 4.03. The molecule has 3 aromatic rings. The van der Waals surface area contributed by atoms with Gasteiger partial charge < -0.3 is 15.6 Å². The van der Waals surface area contributed by atoms with Gasteiger partial charge in [0, 0.05) is 35.9 Å². The van der Waals surface area contributed by atoms with Gasteiger partial charge >= 0.3 is 0 Å². The monoisotopic (exact) mass is 343 g/mol. The number of anilines is 1. The number of benzene rings is 1. The number of hydrogen-bond donors (Lipinski definition) is 3. The number of hydrogen-bond acceptors (Lipinski definition) is 3. The average molecular weight is 343 g/mol. The number of aromatic amines is 1. The Balaban J connectivity index is 1.63. The van der Waals surface area contributed by atoms with Crippen molar-refractivity contribution in [1.29, 1.82) is 0 Å². The number of amides is 2. The Bertz CT molecular complexity index is 915. The van der Waals surface area contributed by atoms with Crippen molar-refractivity contribution in [2.75, 3.05) is 11.9 Å². The Morgan fingerprint density at radius 1 is 1.28 bits per heavy atom. The van der Waals surface area contributed by atoms with Gasteiger partial charge in [0.2, 0.25) is 11.8 Å². The molecule has 0 fully saturated rings. The summed E-state index contributed by atoms with van der Waals surface area (Å²) >= 11 is 0. The van der Waals surface area contributed by atoms with Gasteiger partial charge in [-0.2, -0.15) is 5.10 Å². The number of nitrogens with zero attached hydrogens (tertiary/aromatic N) is 2. The zero-order valence-corrected chi connectivity index (χ0v) is 13.7. The minimum atomic E-state index is -0.349. The summed E-state index contributed by atoms with van der Waals surface area (Å²) < 4.78 is 14.8. The van der Waals surface area contributed by atoms with Crippen LogP contribution >= 0.6 is 0 Å². The van der Waals surface area contributed by atoms with Crippen molar-refractivity contribution in [3.8, 4) is 0 Å². The standard InChI is InChI=1S/C17H18FN5O2/c1-2-19-17(25)10-23-6-5-15(22-23)21-16(24)7-11-9-20-14-4-3-12(18)8-13(11)14/h3-6,8-9,20H,2,7,10H2,1H3,(H,19,25)(H,21,22,24). The van der Waals surface area contributed by atoms with Crippen molar-refractivity contribution >= 4 is 28.5 Å². The number of carbonyl (C=O) groups excluding carboxylic acids is 2. The van der Waals surface area contributed by atoms with Gasteiger partial charge in [-0.25, -0.2) is 4.39 Å². The first-order chi connectivity index (χ1) is 12.0. The predicted octanol–water partition coefficient (Wildman–Crippen LogP) is 1.82. The molecule has 2 amide bonds. The topological polar surface area (TPSA) is 91.8 Å². The summed E-state index contributed by atoms with van der Waals surface area (Å²) in [5.74, 6) is -0.407. The van der Waals surface area contributed by atoms with Crippen LogP contribution in [0.15, 0.2) is 36.7 Å². The minimum Gasteiger partial charge on any atom is -0.361 e. The molecule has 0 aliphatic rings. The fraction of sp³-hybridized carbons (Fsp3) is 0.235. The van der Waals surface area contributed by atoms with E-state index in [0.29, 0.717) is 23.3 Å². The Kier molecular flexibility index (Phi) is 4.78. The lowest BCUT2D eigenvalue weighted by Crippen LogP contribution is -2.27. The highest BCUT2D eigenvalue weighted by Crippen LogP contribution is 2.20. The minimum absolute atomic E-state index is 0.0887. The molecule has 3 N–H and O–H groups in total. The van der Waals surface area contributed by atoms with E-state index in [0.717, 1.165) is 5.52 Å². The number of aromatic nitrogens is 3. The summed E-state index contributed by atoms with van der Waals surface area (Å²) in [4.78, 5) is 26.7. The molecular formula is C17H18FN5O2. The zero-order chi connectivity index (χ0) is 17.8. The van der Waals surface area contributed by atoms with Gasteiger partial charge in [0.25, 0.3) is 0 Å². The van der Waals surface area contributed by atoms with Crippen LogP contribution in [0.5, 0.6) is 0 Å². The van der Waals surface area contributed by atoms with Crippen LogP contribution in [0.2, 0.25) is 0 Å². The molecule has 25 heavy (non-hydrogen) atoms. The highest BCUT2D eigenvalue weighted by atomic mass is 19.1. The molecule has 2 heterocycles. The summed E-state index contributed by atoms with van der Waals surface area (Å²) in [5.41, 5.74) is 1.48. The van der Waals surface area contributed by atoms with Crippen LogP contribution in [-0.2, 0) is 22.6 Å². The Hall–Kier alpha value is -3.16. The molecule has 0 radical (unpaired) electrons. The van der Waals surface area contributed by atoms with Gasteiger partial charge in [0.1, 0.15) is 12.4 Å². The number of H-pyrrole nitrogens is 1. The van der Waals surface area contributed by atoms with E-state index < -0.39 is 0 Å². The van der Waals surface area contributed by atoms with Crippen molar-refractivity contribution in [3.05, 3.63) is 48.0 Å². The van der Waals surface area contributed by atoms with E-state index in [1.807, 2.05) is 6.92 Å². The van der Waals surface area contributed by atoms with E-state index in [2.05, 4.69) is 20.7 Å². The smallest absolute Gasteiger partial charge is 0.241 e. The lowest BCUT2D eigenvalue weighted by atomic mass is 10.1. The molecule has 0 saturated carbocycles. The SMILES string of the molecule is CCNC(=O)Cn1ccc(NC(=O)Cc2c[nH]c3ccc(F)cc23)n1. The van der Waals surface area contributed by atoms with Crippen LogP contribution in [0.25, 0.3) is 10.9 Å². The molecule has 0 atom stereocenters. The van der Waals surface area contributed by atoms with Crippen molar-refractivity contribution in [3.63, 3.8) is 0 Å². The highest BCUT2D eigenvalue weighted by molar-refractivity contribution is 5.95. The molecule has 8 heteroatoms. The summed E-state index contributed by atoms with van der Waals surface area (Å²) in [7, 11) is 0.